The zero-order valence-corrected chi connectivity index (χ0v) is 26.8. The molecule has 0 bridgehead atoms. The molecule has 0 spiro atoms. The molecule has 0 aromatic carbocycles. The van der Waals surface area contributed by atoms with Gasteiger partial charge in [0.25, 0.3) is 0 Å². The molecule has 0 aromatic heterocycles. The van der Waals surface area contributed by atoms with Crippen molar-refractivity contribution in [3.05, 3.63) is 0 Å². The lowest BCUT2D eigenvalue weighted by Crippen LogP contribution is -2.52. The van der Waals surface area contributed by atoms with Crippen molar-refractivity contribution < 1.29 is 24.2 Å². The van der Waals surface area contributed by atoms with E-state index in [1.54, 1.807) is 0 Å². The zero-order chi connectivity index (χ0) is 29.3. The maximum Gasteiger partial charge on any atom is 0.305 e. The molecule has 8 atom stereocenters. The van der Waals surface area contributed by atoms with Crippen LogP contribution in [0.2, 0.25) is 0 Å². The minimum Gasteiger partial charge on any atom is -0.463 e. The van der Waals surface area contributed by atoms with Gasteiger partial charge in [0.15, 0.2) is 0 Å². The normalized spacial score (nSPS) is 35.2. The molecular weight excluding hydrogens is 512 g/mol. The molecule has 4 aliphatic rings. The Bertz CT molecular complexity index is 827. The van der Waals surface area contributed by atoms with Crippen molar-refractivity contribution in [2.24, 2.45) is 40.4 Å². The van der Waals surface area contributed by atoms with Crippen molar-refractivity contribution >= 4 is 11.9 Å². The first kappa shape index (κ1) is 32.8. The van der Waals surface area contributed by atoms with E-state index in [4.69, 9.17) is 9.47 Å². The maximum atomic E-state index is 12.4. The van der Waals surface area contributed by atoms with Crippen LogP contribution in [0.4, 0.5) is 0 Å². The summed E-state index contributed by atoms with van der Waals surface area (Å²) in [5, 5.41) is 10.1. The number of carbonyl (C=O) groups excluding carboxylic acids is 2. The summed E-state index contributed by atoms with van der Waals surface area (Å²) >= 11 is 0. The van der Waals surface area contributed by atoms with Crippen molar-refractivity contribution in [1.29, 1.82) is 0 Å². The lowest BCUT2D eigenvalue weighted by atomic mass is 9.45. The van der Waals surface area contributed by atoms with E-state index in [0.717, 1.165) is 61.7 Å². The molecule has 0 aromatic rings. The Hall–Kier alpha value is -1.10. The van der Waals surface area contributed by atoms with Gasteiger partial charge in [-0.2, -0.15) is 0 Å². The van der Waals surface area contributed by atoms with Crippen LogP contribution in [-0.4, -0.2) is 36.4 Å². The van der Waals surface area contributed by atoms with Crippen molar-refractivity contribution in [2.75, 3.05) is 13.2 Å². The van der Waals surface area contributed by atoms with Gasteiger partial charge in [-0.3, -0.25) is 9.59 Å². The SMILES string of the molecule is CCCCCCCCCC(=O)OCC(O)COC(=O)CCCC1CCC2C3CCC4CCCCC4(C)C3CCC12C. The molecule has 41 heavy (non-hydrogen) atoms. The fourth-order valence-electron chi connectivity index (χ4n) is 10.2. The third-order valence-corrected chi connectivity index (χ3v) is 12.6. The Morgan fingerprint density at radius 3 is 2.12 bits per heavy atom. The first-order chi connectivity index (χ1) is 19.8. The summed E-state index contributed by atoms with van der Waals surface area (Å²) in [6, 6.07) is 0. The summed E-state index contributed by atoms with van der Waals surface area (Å²) in [4.78, 5) is 24.3. The highest BCUT2D eigenvalue weighted by Crippen LogP contribution is 2.67. The van der Waals surface area contributed by atoms with Gasteiger partial charge in [0.1, 0.15) is 19.3 Å². The highest BCUT2D eigenvalue weighted by molar-refractivity contribution is 5.69. The van der Waals surface area contributed by atoms with Crippen LogP contribution in [0.15, 0.2) is 0 Å². The minimum atomic E-state index is -0.956. The van der Waals surface area contributed by atoms with Gasteiger partial charge in [-0.25, -0.2) is 0 Å². The van der Waals surface area contributed by atoms with Gasteiger partial charge < -0.3 is 14.6 Å². The van der Waals surface area contributed by atoms with Gasteiger partial charge in [-0.1, -0.05) is 72.1 Å². The zero-order valence-electron chi connectivity index (χ0n) is 26.8. The number of carbonyl (C=O) groups is 2. The predicted octanol–water partition coefficient (Wildman–Crippen LogP) is 8.79. The molecule has 1 N–H and O–H groups in total. The van der Waals surface area contributed by atoms with E-state index in [9.17, 15) is 14.7 Å². The van der Waals surface area contributed by atoms with Crippen LogP contribution in [0.25, 0.3) is 0 Å². The van der Waals surface area contributed by atoms with Gasteiger partial charge in [-0.05, 0) is 111 Å². The van der Waals surface area contributed by atoms with Crippen LogP contribution < -0.4 is 0 Å². The molecule has 0 saturated heterocycles. The molecule has 4 fully saturated rings. The number of hydrogen-bond acceptors (Lipinski definition) is 5. The second-order valence-electron chi connectivity index (χ2n) is 15.0. The van der Waals surface area contributed by atoms with Crippen LogP contribution in [0.3, 0.4) is 0 Å². The van der Waals surface area contributed by atoms with Crippen molar-refractivity contribution in [3.8, 4) is 0 Å². The van der Waals surface area contributed by atoms with Gasteiger partial charge in [-0.15, -0.1) is 0 Å². The average molecular weight is 575 g/mol. The van der Waals surface area contributed by atoms with Gasteiger partial charge >= 0.3 is 11.9 Å². The summed E-state index contributed by atoms with van der Waals surface area (Å²) in [5.74, 6) is 3.92. The Labute approximate surface area is 251 Å². The topological polar surface area (TPSA) is 72.8 Å². The van der Waals surface area contributed by atoms with E-state index in [2.05, 4.69) is 20.8 Å². The van der Waals surface area contributed by atoms with Crippen LogP contribution in [0.5, 0.6) is 0 Å². The Morgan fingerprint density at radius 1 is 0.732 bits per heavy atom. The third kappa shape index (κ3) is 8.30. The molecule has 0 radical (unpaired) electrons. The number of fused-ring (bicyclic) bond motifs is 5. The van der Waals surface area contributed by atoms with Gasteiger partial charge in [0.05, 0.1) is 0 Å². The molecule has 4 rings (SSSR count). The fourth-order valence-corrected chi connectivity index (χ4v) is 10.2. The quantitative estimate of drug-likeness (QED) is 0.147. The minimum absolute atomic E-state index is 0.102. The largest absolute Gasteiger partial charge is 0.463 e. The van der Waals surface area contributed by atoms with Crippen molar-refractivity contribution in [3.63, 3.8) is 0 Å². The summed E-state index contributed by atoms with van der Waals surface area (Å²) in [6.45, 7) is 7.25. The van der Waals surface area contributed by atoms with Crippen molar-refractivity contribution in [1.82, 2.24) is 0 Å². The summed E-state index contributed by atoms with van der Waals surface area (Å²) in [7, 11) is 0. The first-order valence-electron chi connectivity index (χ1n) is 17.8. The lowest BCUT2D eigenvalue weighted by molar-refractivity contribution is -0.152. The fraction of sp³-hybridized carbons (Fsp3) is 0.944. The maximum absolute atomic E-state index is 12.4. The average Bonchev–Trinajstić information content (AvgIpc) is 3.30. The molecule has 0 heterocycles. The molecule has 0 amide bonds. The number of rotatable bonds is 16. The van der Waals surface area contributed by atoms with Crippen LogP contribution >= 0.6 is 0 Å². The highest BCUT2D eigenvalue weighted by Gasteiger charge is 2.59. The number of aliphatic hydroxyl groups is 1. The Balaban J connectivity index is 1.09. The third-order valence-electron chi connectivity index (χ3n) is 12.6. The van der Waals surface area contributed by atoms with Crippen LogP contribution in [0.1, 0.15) is 156 Å². The molecule has 4 saturated carbocycles. The number of esters is 2. The van der Waals surface area contributed by atoms with Crippen LogP contribution in [0, 0.1) is 40.4 Å². The van der Waals surface area contributed by atoms with Crippen LogP contribution in [-0.2, 0) is 19.1 Å². The number of aliphatic hydroxyl groups excluding tert-OH is 1. The van der Waals surface area contributed by atoms with Gasteiger partial charge in [0.2, 0.25) is 0 Å². The first-order valence-corrected chi connectivity index (χ1v) is 17.8. The lowest BCUT2D eigenvalue weighted by Gasteiger charge is -2.60. The van der Waals surface area contributed by atoms with E-state index >= 15 is 0 Å². The van der Waals surface area contributed by atoms with E-state index in [-0.39, 0.29) is 25.2 Å². The summed E-state index contributed by atoms with van der Waals surface area (Å²) in [5.41, 5.74) is 1.04. The van der Waals surface area contributed by atoms with Crippen molar-refractivity contribution in [2.45, 2.75) is 162 Å². The predicted molar refractivity (Wildman–Crippen MR) is 164 cm³/mol. The van der Waals surface area contributed by atoms with E-state index in [1.807, 2.05) is 0 Å². The molecule has 5 heteroatoms. The highest BCUT2D eigenvalue weighted by atomic mass is 16.6. The number of unbranched alkanes of at least 4 members (excludes halogenated alkanes) is 6. The van der Waals surface area contributed by atoms with Gasteiger partial charge in [0, 0.05) is 12.8 Å². The second kappa shape index (κ2) is 15.6. The monoisotopic (exact) mass is 574 g/mol. The Kier molecular flexibility index (Phi) is 12.5. The standard InChI is InChI=1S/C36H62O5/c1-4-5-6-7-8-9-10-16-33(38)40-25-29(37)26-41-34(39)17-13-15-28-19-21-31-30-20-18-27-14-11-12-23-35(27,2)32(30)22-24-36(28,31)3/h27-32,37H,4-26H2,1-3H3. The molecule has 4 aliphatic carbocycles. The molecular formula is C36H62O5. The molecule has 8 unspecified atom stereocenters. The van der Waals surface area contributed by atoms with E-state index in [0.29, 0.717) is 23.7 Å². The van der Waals surface area contributed by atoms with E-state index < -0.39 is 6.10 Å². The summed E-state index contributed by atoms with van der Waals surface area (Å²) in [6.07, 6.45) is 24.1. The second-order valence-corrected chi connectivity index (χ2v) is 15.0. The smallest absolute Gasteiger partial charge is 0.305 e. The number of hydrogen-bond donors (Lipinski definition) is 1. The molecule has 5 nitrogen and oxygen atoms in total. The van der Waals surface area contributed by atoms with E-state index in [1.165, 1.54) is 89.9 Å². The molecule has 0 aliphatic heterocycles. The number of ether oxygens (including phenoxy) is 2. The Morgan fingerprint density at radius 2 is 1.39 bits per heavy atom. The summed E-state index contributed by atoms with van der Waals surface area (Å²) < 4.78 is 10.5. The molecule has 236 valence electrons.